The van der Waals surface area contributed by atoms with Crippen LogP contribution in [0.25, 0.3) is 0 Å². The van der Waals surface area contributed by atoms with Crippen LogP contribution in [0.4, 0.5) is 0 Å². The summed E-state index contributed by atoms with van der Waals surface area (Å²) in [5, 5.41) is 3.42. The first-order chi connectivity index (χ1) is 9.79. The molecule has 1 aliphatic rings. The lowest BCUT2D eigenvalue weighted by atomic mass is 10.3. The average Bonchev–Trinajstić information content (AvgIpc) is 2.68. The molecule has 1 aliphatic heterocycles. The van der Waals surface area contributed by atoms with Gasteiger partial charge >= 0.3 is 0 Å². The minimum absolute atomic E-state index is 0.393. The third-order valence-corrected chi connectivity index (χ3v) is 3.99. The van der Waals surface area contributed by atoms with Gasteiger partial charge in [-0.05, 0) is 25.1 Å². The zero-order valence-corrected chi connectivity index (χ0v) is 13.0. The summed E-state index contributed by atoms with van der Waals surface area (Å²) in [6.45, 7) is 5.30. The Bertz CT molecular complexity index is 414. The number of ether oxygens (including phenoxy) is 3. The van der Waals surface area contributed by atoms with Crippen molar-refractivity contribution in [1.29, 1.82) is 0 Å². The van der Waals surface area contributed by atoms with Crippen LogP contribution in [-0.4, -0.2) is 45.3 Å². The molecule has 112 valence electrons. The van der Waals surface area contributed by atoms with Gasteiger partial charge in [0.05, 0.1) is 19.8 Å². The predicted molar refractivity (Wildman–Crippen MR) is 82.1 cm³/mol. The summed E-state index contributed by atoms with van der Waals surface area (Å²) in [5.41, 5.74) is 0. The smallest absolute Gasteiger partial charge is 0.162 e. The van der Waals surface area contributed by atoms with Crippen molar-refractivity contribution in [2.24, 2.45) is 0 Å². The van der Waals surface area contributed by atoms with Crippen LogP contribution in [-0.2, 0) is 4.74 Å². The molecule has 1 atom stereocenters. The van der Waals surface area contributed by atoms with Crippen LogP contribution in [0.1, 0.15) is 13.3 Å². The summed E-state index contributed by atoms with van der Waals surface area (Å²) in [7, 11) is 1.73. The highest BCUT2D eigenvalue weighted by Gasteiger charge is 2.10. The lowest BCUT2D eigenvalue weighted by molar-refractivity contribution is 0.173. The molecule has 1 heterocycles. The molecule has 1 aromatic carbocycles. The standard InChI is InChI=1S/C15H23NO3S/c1-12(11-17-2)16-6-9-20-13-4-5-14-15(10-13)19-8-3-7-18-14/h4-5,10,12,16H,3,6-9,11H2,1-2H3. The van der Waals surface area contributed by atoms with Gasteiger partial charge in [0.25, 0.3) is 0 Å². The topological polar surface area (TPSA) is 39.7 Å². The molecule has 1 N–H and O–H groups in total. The van der Waals surface area contributed by atoms with Crippen molar-refractivity contribution >= 4 is 11.8 Å². The Morgan fingerprint density at radius 3 is 2.90 bits per heavy atom. The fourth-order valence-electron chi connectivity index (χ4n) is 2.02. The molecule has 0 spiro atoms. The van der Waals surface area contributed by atoms with E-state index in [9.17, 15) is 0 Å². The van der Waals surface area contributed by atoms with Gasteiger partial charge in [0.1, 0.15) is 0 Å². The molecule has 0 saturated heterocycles. The van der Waals surface area contributed by atoms with Crippen LogP contribution in [0.2, 0.25) is 0 Å². The van der Waals surface area contributed by atoms with Crippen LogP contribution in [0, 0.1) is 0 Å². The number of hydrogen-bond donors (Lipinski definition) is 1. The highest BCUT2D eigenvalue weighted by atomic mass is 32.2. The van der Waals surface area contributed by atoms with Crippen LogP contribution in [0.3, 0.4) is 0 Å². The van der Waals surface area contributed by atoms with E-state index in [4.69, 9.17) is 14.2 Å². The maximum Gasteiger partial charge on any atom is 0.162 e. The molecular formula is C15H23NO3S. The number of benzene rings is 1. The molecule has 2 rings (SSSR count). The maximum atomic E-state index is 5.70. The minimum Gasteiger partial charge on any atom is -0.490 e. The third-order valence-electron chi connectivity index (χ3n) is 3.00. The SMILES string of the molecule is COCC(C)NCCSc1ccc2c(c1)OCCCO2. The Morgan fingerprint density at radius 2 is 2.10 bits per heavy atom. The van der Waals surface area contributed by atoms with Gasteiger partial charge in [-0.2, -0.15) is 0 Å². The largest absolute Gasteiger partial charge is 0.490 e. The van der Waals surface area contributed by atoms with Crippen molar-refractivity contribution in [3.8, 4) is 11.5 Å². The van der Waals surface area contributed by atoms with Gasteiger partial charge < -0.3 is 19.5 Å². The first-order valence-electron chi connectivity index (χ1n) is 7.04. The Kier molecular flexibility index (Phi) is 6.50. The normalized spacial score (nSPS) is 15.7. The van der Waals surface area contributed by atoms with Gasteiger partial charge in [0.15, 0.2) is 11.5 Å². The summed E-state index contributed by atoms with van der Waals surface area (Å²) in [4.78, 5) is 1.22. The summed E-state index contributed by atoms with van der Waals surface area (Å²) in [6, 6.07) is 6.56. The maximum absolute atomic E-state index is 5.70. The molecule has 0 aliphatic carbocycles. The number of hydrogen-bond acceptors (Lipinski definition) is 5. The molecule has 0 radical (unpaired) electrons. The minimum atomic E-state index is 0.393. The van der Waals surface area contributed by atoms with Crippen molar-refractivity contribution in [3.63, 3.8) is 0 Å². The highest BCUT2D eigenvalue weighted by Crippen LogP contribution is 2.33. The average molecular weight is 297 g/mol. The molecule has 1 aromatic rings. The van der Waals surface area contributed by atoms with E-state index in [0.717, 1.165) is 50.0 Å². The zero-order chi connectivity index (χ0) is 14.2. The molecule has 4 nitrogen and oxygen atoms in total. The molecule has 0 bridgehead atoms. The zero-order valence-electron chi connectivity index (χ0n) is 12.2. The van der Waals surface area contributed by atoms with Gasteiger partial charge in [-0.25, -0.2) is 0 Å². The lowest BCUT2D eigenvalue weighted by Crippen LogP contribution is -2.31. The van der Waals surface area contributed by atoms with E-state index in [0.29, 0.717) is 6.04 Å². The second-order valence-electron chi connectivity index (χ2n) is 4.82. The second kappa shape index (κ2) is 8.39. The van der Waals surface area contributed by atoms with E-state index in [2.05, 4.69) is 24.4 Å². The Hall–Kier alpha value is -0.910. The lowest BCUT2D eigenvalue weighted by Gasteiger charge is -2.12. The van der Waals surface area contributed by atoms with Crippen LogP contribution in [0.15, 0.2) is 23.1 Å². The predicted octanol–water partition coefficient (Wildman–Crippen LogP) is 2.56. The van der Waals surface area contributed by atoms with Crippen molar-refractivity contribution in [1.82, 2.24) is 5.32 Å². The molecule has 5 heteroatoms. The number of thioether (sulfide) groups is 1. The van der Waals surface area contributed by atoms with Crippen molar-refractivity contribution in [2.75, 3.05) is 39.2 Å². The van der Waals surface area contributed by atoms with Gasteiger partial charge in [0.2, 0.25) is 0 Å². The molecule has 0 saturated carbocycles. The fourth-order valence-corrected chi connectivity index (χ4v) is 2.83. The number of rotatable bonds is 7. The Balaban J connectivity index is 1.77. The fraction of sp³-hybridized carbons (Fsp3) is 0.600. The summed E-state index contributed by atoms with van der Waals surface area (Å²) in [5.74, 6) is 2.75. The van der Waals surface area contributed by atoms with Crippen LogP contribution >= 0.6 is 11.8 Å². The summed E-state index contributed by atoms with van der Waals surface area (Å²) >= 11 is 1.82. The van der Waals surface area contributed by atoms with E-state index >= 15 is 0 Å². The molecule has 20 heavy (non-hydrogen) atoms. The first-order valence-corrected chi connectivity index (χ1v) is 8.03. The van der Waals surface area contributed by atoms with Crippen molar-refractivity contribution in [2.45, 2.75) is 24.3 Å². The van der Waals surface area contributed by atoms with Crippen molar-refractivity contribution in [3.05, 3.63) is 18.2 Å². The first kappa shape index (κ1) is 15.5. The second-order valence-corrected chi connectivity index (χ2v) is 5.99. The van der Waals surface area contributed by atoms with Gasteiger partial charge in [-0.15, -0.1) is 11.8 Å². The molecule has 0 amide bonds. The molecule has 0 aromatic heterocycles. The Labute approximate surface area is 125 Å². The number of methoxy groups -OCH3 is 1. The van der Waals surface area contributed by atoms with Gasteiger partial charge in [-0.1, -0.05) is 0 Å². The van der Waals surface area contributed by atoms with Crippen molar-refractivity contribution < 1.29 is 14.2 Å². The summed E-state index contributed by atoms with van der Waals surface area (Å²) < 4.78 is 16.4. The van der Waals surface area contributed by atoms with E-state index in [-0.39, 0.29) is 0 Å². The monoisotopic (exact) mass is 297 g/mol. The van der Waals surface area contributed by atoms with Crippen LogP contribution < -0.4 is 14.8 Å². The third kappa shape index (κ3) is 4.89. The van der Waals surface area contributed by atoms with E-state index in [1.165, 1.54) is 4.90 Å². The highest BCUT2D eigenvalue weighted by molar-refractivity contribution is 7.99. The van der Waals surface area contributed by atoms with Gasteiger partial charge in [-0.3, -0.25) is 0 Å². The van der Waals surface area contributed by atoms with Gasteiger partial charge in [0, 0.05) is 36.8 Å². The molecular weight excluding hydrogens is 274 g/mol. The van der Waals surface area contributed by atoms with E-state index in [1.54, 1.807) is 7.11 Å². The molecule has 0 fully saturated rings. The number of nitrogens with one attached hydrogen (secondary N) is 1. The van der Waals surface area contributed by atoms with Crippen LogP contribution in [0.5, 0.6) is 11.5 Å². The van der Waals surface area contributed by atoms with E-state index in [1.807, 2.05) is 17.8 Å². The van der Waals surface area contributed by atoms with E-state index < -0.39 is 0 Å². The summed E-state index contributed by atoms with van der Waals surface area (Å²) in [6.07, 6.45) is 0.943. The Morgan fingerprint density at radius 1 is 1.30 bits per heavy atom. The quantitative estimate of drug-likeness (QED) is 0.619. The number of fused-ring (bicyclic) bond motifs is 1. The molecule has 1 unspecified atom stereocenters.